The number of ether oxygens (including phenoxy) is 1. The van der Waals surface area contributed by atoms with Crippen molar-refractivity contribution in [2.45, 2.75) is 44.4 Å². The molecule has 1 N–H and O–H groups in total. The Morgan fingerprint density at radius 2 is 1.94 bits per heavy atom. The highest BCUT2D eigenvalue weighted by molar-refractivity contribution is 7.92. The molecule has 0 spiro atoms. The summed E-state index contributed by atoms with van der Waals surface area (Å²) in [7, 11) is -1.77. The van der Waals surface area contributed by atoms with Crippen LogP contribution in [0.2, 0.25) is 0 Å². The molecular formula is C20H21F3N6O2S. The molecule has 3 heterocycles. The van der Waals surface area contributed by atoms with Crippen LogP contribution in [0.4, 0.5) is 13.2 Å². The minimum Gasteiger partial charge on any atom is -0.471 e. The Morgan fingerprint density at radius 1 is 1.28 bits per heavy atom. The zero-order chi connectivity index (χ0) is 24.1. The molecule has 1 unspecified atom stereocenters. The standard InChI is InChI=1S/C20H21F3N6O2S/c1-6-32(25,30)15-8-14(31-19(3,4)10-24)11(2)27-17(15)18-28-12-7-16(20(21,22)23)26-9-13(12)29(18)5/h7-9,25H,6H2,1-5H3. The first kappa shape index (κ1) is 23.5. The molecular weight excluding hydrogens is 445 g/mol. The second-order valence-corrected chi connectivity index (χ2v) is 10.0. The number of nitrogens with zero attached hydrogens (tertiary/aromatic N) is 5. The van der Waals surface area contributed by atoms with Crippen LogP contribution < -0.4 is 4.74 Å². The third kappa shape index (κ3) is 4.25. The fraction of sp³-hybridized carbons (Fsp3) is 0.400. The Balaban J connectivity index is 2.29. The molecule has 0 bridgehead atoms. The zero-order valence-electron chi connectivity index (χ0n) is 18.0. The number of aryl methyl sites for hydroxylation is 2. The average molecular weight is 466 g/mol. The van der Waals surface area contributed by atoms with E-state index in [0.717, 1.165) is 12.3 Å². The summed E-state index contributed by atoms with van der Waals surface area (Å²) < 4.78 is 67.8. The fourth-order valence-electron chi connectivity index (χ4n) is 2.99. The number of fused-ring (bicyclic) bond motifs is 1. The summed E-state index contributed by atoms with van der Waals surface area (Å²) in [5, 5.41) is 9.26. The van der Waals surface area contributed by atoms with Gasteiger partial charge in [0.05, 0.1) is 37.5 Å². The molecule has 0 saturated heterocycles. The Labute approximate surface area is 183 Å². The van der Waals surface area contributed by atoms with E-state index in [4.69, 9.17) is 9.52 Å². The Hall–Kier alpha value is -3.20. The minimum atomic E-state index is -4.63. The van der Waals surface area contributed by atoms with E-state index in [2.05, 4.69) is 15.0 Å². The predicted molar refractivity (Wildman–Crippen MR) is 111 cm³/mol. The van der Waals surface area contributed by atoms with Gasteiger partial charge in [-0.25, -0.2) is 23.9 Å². The molecule has 3 rings (SSSR count). The van der Waals surface area contributed by atoms with Crippen molar-refractivity contribution in [2.24, 2.45) is 7.05 Å². The number of hydrogen-bond acceptors (Lipinski definition) is 7. The largest absolute Gasteiger partial charge is 0.471 e. The van der Waals surface area contributed by atoms with Crippen molar-refractivity contribution in [3.05, 3.63) is 29.7 Å². The summed E-state index contributed by atoms with van der Waals surface area (Å²) in [4.78, 5) is 12.2. The summed E-state index contributed by atoms with van der Waals surface area (Å²) >= 11 is 0. The number of alkyl halides is 3. The van der Waals surface area contributed by atoms with Gasteiger partial charge in [-0.05, 0) is 26.8 Å². The Morgan fingerprint density at radius 3 is 2.50 bits per heavy atom. The first-order chi connectivity index (χ1) is 14.7. The second kappa shape index (κ2) is 7.74. The SMILES string of the molecule is CCS(=N)(=O)c1cc(OC(C)(C)C#N)c(C)nc1-c1nc2cc(C(F)(F)F)ncc2n1C. The van der Waals surface area contributed by atoms with Gasteiger partial charge in [-0.2, -0.15) is 18.4 Å². The molecule has 1 atom stereocenters. The molecule has 0 saturated carbocycles. The van der Waals surface area contributed by atoms with Crippen molar-refractivity contribution >= 4 is 20.8 Å². The van der Waals surface area contributed by atoms with Gasteiger partial charge >= 0.3 is 6.18 Å². The van der Waals surface area contributed by atoms with E-state index in [-0.39, 0.29) is 33.4 Å². The first-order valence-corrected chi connectivity index (χ1v) is 11.2. The molecule has 170 valence electrons. The maximum Gasteiger partial charge on any atom is 0.433 e. The number of hydrogen-bond donors (Lipinski definition) is 1. The van der Waals surface area contributed by atoms with Gasteiger partial charge in [-0.1, -0.05) is 6.92 Å². The average Bonchev–Trinajstić information content (AvgIpc) is 3.04. The van der Waals surface area contributed by atoms with Crippen molar-refractivity contribution in [2.75, 3.05) is 5.75 Å². The maximum atomic E-state index is 13.1. The van der Waals surface area contributed by atoms with Gasteiger partial charge in [0.25, 0.3) is 0 Å². The van der Waals surface area contributed by atoms with Crippen molar-refractivity contribution in [3.63, 3.8) is 0 Å². The van der Waals surface area contributed by atoms with Crippen LogP contribution in [0.15, 0.2) is 23.2 Å². The summed E-state index contributed by atoms with van der Waals surface area (Å²) in [6, 6.07) is 4.22. The van der Waals surface area contributed by atoms with Gasteiger partial charge in [-0.3, -0.25) is 0 Å². The molecule has 12 heteroatoms. The van der Waals surface area contributed by atoms with Crippen LogP contribution in [0.5, 0.6) is 5.75 Å². The van der Waals surface area contributed by atoms with Crippen LogP contribution in [-0.2, 0) is 23.0 Å². The maximum absolute atomic E-state index is 13.1. The van der Waals surface area contributed by atoms with Crippen LogP contribution in [0.1, 0.15) is 32.2 Å². The summed E-state index contributed by atoms with van der Waals surface area (Å²) in [5.74, 6) is 0.289. The first-order valence-electron chi connectivity index (χ1n) is 9.48. The van der Waals surface area contributed by atoms with E-state index in [1.54, 1.807) is 34.7 Å². The summed E-state index contributed by atoms with van der Waals surface area (Å²) in [5.41, 5.74) is -1.48. The van der Waals surface area contributed by atoms with E-state index in [9.17, 15) is 22.6 Å². The van der Waals surface area contributed by atoms with Gasteiger partial charge in [0.1, 0.15) is 23.2 Å². The van der Waals surface area contributed by atoms with E-state index < -0.39 is 27.2 Å². The third-order valence-corrected chi connectivity index (χ3v) is 6.63. The summed E-state index contributed by atoms with van der Waals surface area (Å²) in [6.07, 6.45) is -3.57. The van der Waals surface area contributed by atoms with E-state index in [0.29, 0.717) is 11.2 Å². The molecule has 0 aliphatic rings. The monoisotopic (exact) mass is 466 g/mol. The molecule has 0 aliphatic heterocycles. The van der Waals surface area contributed by atoms with Gasteiger partial charge in [-0.15, -0.1) is 0 Å². The molecule has 0 amide bonds. The van der Waals surface area contributed by atoms with Gasteiger partial charge in [0.15, 0.2) is 11.4 Å². The van der Waals surface area contributed by atoms with Crippen LogP contribution in [0, 0.1) is 23.0 Å². The second-order valence-electron chi connectivity index (χ2n) is 7.66. The van der Waals surface area contributed by atoms with E-state index in [1.165, 1.54) is 10.6 Å². The number of pyridine rings is 2. The number of nitrogens with one attached hydrogen (secondary N) is 1. The lowest BCUT2D eigenvalue weighted by Gasteiger charge is -2.21. The number of halogens is 3. The smallest absolute Gasteiger partial charge is 0.433 e. The summed E-state index contributed by atoms with van der Waals surface area (Å²) in [6.45, 7) is 6.29. The predicted octanol–water partition coefficient (Wildman–Crippen LogP) is 4.46. The minimum absolute atomic E-state index is 0.0248. The van der Waals surface area contributed by atoms with Gasteiger partial charge in [0.2, 0.25) is 0 Å². The van der Waals surface area contributed by atoms with Crippen molar-refractivity contribution in [1.29, 1.82) is 10.0 Å². The van der Waals surface area contributed by atoms with Crippen molar-refractivity contribution in [3.8, 4) is 23.3 Å². The molecule has 0 radical (unpaired) electrons. The topological polar surface area (TPSA) is 118 Å². The van der Waals surface area contributed by atoms with Crippen LogP contribution in [-0.4, -0.2) is 35.1 Å². The molecule has 0 fully saturated rings. The molecule has 32 heavy (non-hydrogen) atoms. The van der Waals surface area contributed by atoms with Crippen LogP contribution in [0.3, 0.4) is 0 Å². The third-order valence-electron chi connectivity index (χ3n) is 4.80. The lowest BCUT2D eigenvalue weighted by atomic mass is 10.1. The Kier molecular flexibility index (Phi) is 5.67. The number of rotatable bonds is 5. The molecule has 8 nitrogen and oxygen atoms in total. The highest BCUT2D eigenvalue weighted by atomic mass is 32.2. The molecule has 3 aromatic rings. The van der Waals surface area contributed by atoms with Crippen molar-refractivity contribution < 1.29 is 22.1 Å². The Bertz CT molecular complexity index is 1350. The quantitative estimate of drug-likeness (QED) is 0.593. The highest BCUT2D eigenvalue weighted by Crippen LogP contribution is 2.35. The lowest BCUT2D eigenvalue weighted by Crippen LogP contribution is -2.26. The molecule has 3 aromatic heterocycles. The van der Waals surface area contributed by atoms with Crippen LogP contribution >= 0.6 is 0 Å². The zero-order valence-corrected chi connectivity index (χ0v) is 18.9. The van der Waals surface area contributed by atoms with Gasteiger partial charge in [0, 0.05) is 18.9 Å². The number of nitriles is 1. The van der Waals surface area contributed by atoms with Crippen molar-refractivity contribution in [1.82, 2.24) is 19.5 Å². The molecule has 0 aromatic carbocycles. The van der Waals surface area contributed by atoms with E-state index in [1.807, 2.05) is 6.07 Å². The fourth-order valence-corrected chi connectivity index (χ4v) is 4.05. The molecule has 0 aliphatic carbocycles. The number of imidazole rings is 1. The van der Waals surface area contributed by atoms with Crippen LogP contribution in [0.25, 0.3) is 22.6 Å². The lowest BCUT2D eigenvalue weighted by molar-refractivity contribution is -0.141. The van der Waals surface area contributed by atoms with Gasteiger partial charge < -0.3 is 9.30 Å². The number of aromatic nitrogens is 4. The normalized spacial score (nSPS) is 14.2. The highest BCUT2D eigenvalue weighted by Gasteiger charge is 2.33. The van der Waals surface area contributed by atoms with E-state index >= 15 is 0 Å².